The number of thiophene rings is 1. The molecule has 18 heavy (non-hydrogen) atoms. The predicted molar refractivity (Wildman–Crippen MR) is 73.1 cm³/mol. The van der Waals surface area contributed by atoms with Gasteiger partial charge in [0, 0.05) is 6.20 Å². The van der Waals surface area contributed by atoms with Gasteiger partial charge in [-0.05, 0) is 28.1 Å². The standard InChI is InChI=1S/C9H7BrClN3O2S2/c10-9-7(11)3-8(17-9)18(15,16)14-4-6-1-2-12-5-13-6/h1-3,5,14H,4H2. The number of rotatable bonds is 4. The van der Waals surface area contributed by atoms with Crippen LogP contribution in [0.4, 0.5) is 0 Å². The first-order valence-electron chi connectivity index (χ1n) is 4.68. The van der Waals surface area contributed by atoms with Gasteiger partial charge in [-0.3, -0.25) is 0 Å². The second kappa shape index (κ2) is 5.62. The summed E-state index contributed by atoms with van der Waals surface area (Å²) in [6.07, 6.45) is 2.91. The summed E-state index contributed by atoms with van der Waals surface area (Å²) in [5.41, 5.74) is 0.593. The van der Waals surface area contributed by atoms with Gasteiger partial charge in [0.1, 0.15) is 10.5 Å². The highest BCUT2D eigenvalue weighted by Gasteiger charge is 2.18. The number of hydrogen-bond donors (Lipinski definition) is 1. The van der Waals surface area contributed by atoms with E-state index in [4.69, 9.17) is 11.6 Å². The lowest BCUT2D eigenvalue weighted by molar-refractivity contribution is 0.582. The fourth-order valence-corrected chi connectivity index (χ4v) is 4.56. The Balaban J connectivity index is 2.13. The Morgan fingerprint density at radius 3 is 2.83 bits per heavy atom. The van der Waals surface area contributed by atoms with E-state index in [-0.39, 0.29) is 10.8 Å². The molecule has 2 heterocycles. The van der Waals surface area contributed by atoms with Crippen LogP contribution in [0.5, 0.6) is 0 Å². The molecule has 0 unspecified atom stereocenters. The molecule has 2 aromatic rings. The van der Waals surface area contributed by atoms with Crippen LogP contribution in [0, 0.1) is 0 Å². The number of nitrogens with zero attached hydrogens (tertiary/aromatic N) is 2. The van der Waals surface area contributed by atoms with Crippen molar-refractivity contribution in [3.05, 3.63) is 39.2 Å². The number of halogens is 2. The average molecular weight is 369 g/mol. The molecule has 0 atom stereocenters. The molecule has 0 spiro atoms. The Morgan fingerprint density at radius 2 is 2.28 bits per heavy atom. The van der Waals surface area contributed by atoms with E-state index in [1.165, 1.54) is 12.4 Å². The first-order valence-corrected chi connectivity index (χ1v) is 8.15. The van der Waals surface area contributed by atoms with Crippen molar-refractivity contribution in [1.29, 1.82) is 0 Å². The molecule has 2 aromatic heterocycles. The largest absolute Gasteiger partial charge is 0.250 e. The molecule has 0 aliphatic rings. The third kappa shape index (κ3) is 3.27. The second-order valence-corrected chi connectivity index (χ2v) is 7.98. The van der Waals surface area contributed by atoms with Gasteiger partial charge in [0.25, 0.3) is 0 Å². The van der Waals surface area contributed by atoms with Crippen molar-refractivity contribution in [2.75, 3.05) is 0 Å². The molecule has 0 radical (unpaired) electrons. The fraction of sp³-hybridized carbons (Fsp3) is 0.111. The van der Waals surface area contributed by atoms with Gasteiger partial charge in [-0.2, -0.15) is 0 Å². The number of sulfonamides is 1. The zero-order chi connectivity index (χ0) is 13.2. The van der Waals surface area contributed by atoms with Crippen LogP contribution in [0.3, 0.4) is 0 Å². The highest BCUT2D eigenvalue weighted by atomic mass is 79.9. The van der Waals surface area contributed by atoms with E-state index in [0.717, 1.165) is 11.3 Å². The van der Waals surface area contributed by atoms with Crippen LogP contribution in [0.15, 0.2) is 32.7 Å². The molecule has 9 heteroatoms. The molecular formula is C9H7BrClN3O2S2. The van der Waals surface area contributed by atoms with Crippen molar-refractivity contribution in [2.24, 2.45) is 0 Å². The van der Waals surface area contributed by atoms with Gasteiger partial charge in [-0.25, -0.2) is 23.1 Å². The molecule has 1 N–H and O–H groups in total. The number of nitrogens with one attached hydrogen (secondary N) is 1. The molecule has 0 bridgehead atoms. The maximum absolute atomic E-state index is 11.9. The highest BCUT2D eigenvalue weighted by molar-refractivity contribution is 9.11. The van der Waals surface area contributed by atoms with Crippen molar-refractivity contribution in [3.8, 4) is 0 Å². The molecule has 5 nitrogen and oxygen atoms in total. The zero-order valence-corrected chi connectivity index (χ0v) is 12.8. The third-order valence-corrected chi connectivity index (χ3v) is 6.32. The fourth-order valence-electron chi connectivity index (χ4n) is 1.12. The van der Waals surface area contributed by atoms with E-state index in [1.807, 2.05) is 0 Å². The van der Waals surface area contributed by atoms with Crippen LogP contribution >= 0.6 is 38.9 Å². The van der Waals surface area contributed by atoms with E-state index in [0.29, 0.717) is 14.5 Å². The Morgan fingerprint density at radius 1 is 1.50 bits per heavy atom. The Labute approximate surface area is 121 Å². The Bertz CT molecular complexity index is 626. The summed E-state index contributed by atoms with van der Waals surface area (Å²) in [6.45, 7) is 0.109. The highest BCUT2D eigenvalue weighted by Crippen LogP contribution is 2.34. The molecular weight excluding hydrogens is 362 g/mol. The monoisotopic (exact) mass is 367 g/mol. The quantitative estimate of drug-likeness (QED) is 0.899. The summed E-state index contributed by atoms with van der Waals surface area (Å²) in [5.74, 6) is 0. The van der Waals surface area contributed by atoms with Crippen LogP contribution in [-0.4, -0.2) is 18.4 Å². The van der Waals surface area contributed by atoms with Gasteiger partial charge in [0.05, 0.1) is 21.0 Å². The lowest BCUT2D eigenvalue weighted by atomic mass is 10.4. The number of aromatic nitrogens is 2. The molecule has 0 aromatic carbocycles. The first kappa shape index (κ1) is 13.9. The van der Waals surface area contributed by atoms with E-state index in [1.54, 1.807) is 12.3 Å². The molecule has 0 saturated heterocycles. The van der Waals surface area contributed by atoms with Crippen LogP contribution in [0.25, 0.3) is 0 Å². The Hall–Kier alpha value is -0.540. The van der Waals surface area contributed by atoms with E-state index < -0.39 is 10.0 Å². The SMILES string of the molecule is O=S(=O)(NCc1ccncn1)c1cc(Cl)c(Br)s1. The van der Waals surface area contributed by atoms with Gasteiger partial charge < -0.3 is 0 Å². The minimum Gasteiger partial charge on any atom is -0.245 e. The van der Waals surface area contributed by atoms with Crippen LogP contribution in [0.2, 0.25) is 5.02 Å². The minimum absolute atomic E-state index is 0.109. The van der Waals surface area contributed by atoms with E-state index in [9.17, 15) is 8.42 Å². The predicted octanol–water partition coefficient (Wildman–Crippen LogP) is 2.43. The molecule has 0 aliphatic carbocycles. The van der Waals surface area contributed by atoms with Crippen molar-refractivity contribution in [2.45, 2.75) is 10.8 Å². The first-order chi connectivity index (χ1) is 8.49. The Kier molecular flexibility index (Phi) is 4.33. The topological polar surface area (TPSA) is 72.0 Å². The minimum atomic E-state index is -3.57. The second-order valence-electron chi connectivity index (χ2n) is 3.21. The summed E-state index contributed by atoms with van der Waals surface area (Å²) in [6, 6.07) is 3.04. The normalized spacial score (nSPS) is 11.7. The lowest BCUT2D eigenvalue weighted by Gasteiger charge is -2.03. The zero-order valence-electron chi connectivity index (χ0n) is 8.80. The van der Waals surface area contributed by atoms with Crippen molar-refractivity contribution >= 4 is 48.9 Å². The van der Waals surface area contributed by atoms with Crippen LogP contribution < -0.4 is 4.72 Å². The third-order valence-electron chi connectivity index (χ3n) is 1.97. The van der Waals surface area contributed by atoms with Crippen LogP contribution in [0.1, 0.15) is 5.69 Å². The van der Waals surface area contributed by atoms with E-state index >= 15 is 0 Å². The van der Waals surface area contributed by atoms with Gasteiger partial charge in [0.15, 0.2) is 0 Å². The molecule has 0 amide bonds. The van der Waals surface area contributed by atoms with Crippen molar-refractivity contribution in [1.82, 2.24) is 14.7 Å². The molecule has 96 valence electrons. The molecule has 0 fully saturated rings. The average Bonchev–Trinajstić information content (AvgIpc) is 2.70. The maximum atomic E-state index is 11.9. The lowest BCUT2D eigenvalue weighted by Crippen LogP contribution is -2.22. The molecule has 0 saturated carbocycles. The summed E-state index contributed by atoms with van der Waals surface area (Å²) in [4.78, 5) is 7.68. The van der Waals surface area contributed by atoms with Crippen LogP contribution in [-0.2, 0) is 16.6 Å². The smallest absolute Gasteiger partial charge is 0.245 e. The van der Waals surface area contributed by atoms with Gasteiger partial charge in [0.2, 0.25) is 10.0 Å². The molecule has 0 aliphatic heterocycles. The summed E-state index contributed by atoms with van der Waals surface area (Å²) >= 11 is 10.0. The summed E-state index contributed by atoms with van der Waals surface area (Å²) < 4.78 is 27.1. The maximum Gasteiger partial charge on any atom is 0.250 e. The van der Waals surface area contributed by atoms with Crippen molar-refractivity contribution in [3.63, 3.8) is 0 Å². The summed E-state index contributed by atoms with van der Waals surface area (Å²) in [5, 5.41) is 0.377. The van der Waals surface area contributed by atoms with Gasteiger partial charge >= 0.3 is 0 Å². The van der Waals surface area contributed by atoms with E-state index in [2.05, 4.69) is 30.6 Å². The summed E-state index contributed by atoms with van der Waals surface area (Å²) in [7, 11) is -3.57. The number of hydrogen-bond acceptors (Lipinski definition) is 5. The van der Waals surface area contributed by atoms with Gasteiger partial charge in [-0.15, -0.1) is 11.3 Å². The van der Waals surface area contributed by atoms with Crippen molar-refractivity contribution < 1.29 is 8.42 Å². The van der Waals surface area contributed by atoms with Gasteiger partial charge in [-0.1, -0.05) is 11.6 Å². The molecule has 2 rings (SSSR count).